The molecule has 6 aliphatic rings. The Morgan fingerprint density at radius 2 is 1.56 bits per heavy atom. The normalized spacial score (nSPS) is 37.6. The molecule has 0 radical (unpaired) electrons. The molecular formula is C27H45N3O2. The van der Waals surface area contributed by atoms with Crippen LogP contribution in [0.5, 0.6) is 0 Å². The highest BCUT2D eigenvalue weighted by Gasteiger charge is 2.51. The standard InChI is InChI=1S/C27H45N3O2/c1-28-10-7-24(8-11-28)29(2)25(31)6-5-20-4-3-9-30(19-20)26(32)18-27-15-21-12-22(16-27)14-23(13-21)17-27/h20-24H,3-19H2,1-2H3. The number of carbonyl (C=O) groups excluding carboxylic acids is 2. The fourth-order valence-corrected chi connectivity index (χ4v) is 8.56. The van der Waals surface area contributed by atoms with E-state index in [1.54, 1.807) is 0 Å². The summed E-state index contributed by atoms with van der Waals surface area (Å²) in [5.74, 6) is 3.96. The molecule has 0 aromatic rings. The van der Waals surface area contributed by atoms with Gasteiger partial charge in [-0.05, 0) is 120 Å². The van der Waals surface area contributed by atoms with Crippen molar-refractivity contribution in [2.45, 2.75) is 89.5 Å². The highest BCUT2D eigenvalue weighted by Crippen LogP contribution is 2.61. The Morgan fingerprint density at radius 3 is 2.19 bits per heavy atom. The van der Waals surface area contributed by atoms with Crippen LogP contribution in [0.25, 0.3) is 0 Å². The summed E-state index contributed by atoms with van der Waals surface area (Å²) in [5.41, 5.74) is 0.339. The molecule has 180 valence electrons. The van der Waals surface area contributed by atoms with Gasteiger partial charge in [0.1, 0.15) is 0 Å². The molecule has 2 aliphatic heterocycles. The number of hydrogen-bond donors (Lipinski definition) is 0. The molecule has 0 spiro atoms. The van der Waals surface area contributed by atoms with Gasteiger partial charge < -0.3 is 14.7 Å². The van der Waals surface area contributed by atoms with Crippen LogP contribution in [0.2, 0.25) is 0 Å². The number of amides is 2. The zero-order valence-corrected chi connectivity index (χ0v) is 20.6. The molecule has 32 heavy (non-hydrogen) atoms. The van der Waals surface area contributed by atoms with Crippen LogP contribution in [0.3, 0.4) is 0 Å². The molecule has 6 fully saturated rings. The van der Waals surface area contributed by atoms with Gasteiger partial charge in [0.2, 0.25) is 11.8 Å². The molecule has 4 saturated carbocycles. The van der Waals surface area contributed by atoms with E-state index in [1.807, 2.05) is 11.9 Å². The Labute approximate surface area is 195 Å². The molecule has 1 unspecified atom stereocenters. The number of hydrogen-bond acceptors (Lipinski definition) is 3. The lowest BCUT2D eigenvalue weighted by Crippen LogP contribution is -2.49. The van der Waals surface area contributed by atoms with Gasteiger partial charge in [-0.1, -0.05) is 0 Å². The maximum atomic E-state index is 13.4. The Kier molecular flexibility index (Phi) is 6.57. The fourth-order valence-electron chi connectivity index (χ4n) is 8.56. The first-order chi connectivity index (χ1) is 15.4. The number of likely N-dealkylation sites (tertiary alicyclic amines) is 2. The summed E-state index contributed by atoms with van der Waals surface area (Å²) < 4.78 is 0. The van der Waals surface area contributed by atoms with Gasteiger partial charge in [-0.25, -0.2) is 0 Å². The van der Waals surface area contributed by atoms with Crippen LogP contribution in [-0.2, 0) is 9.59 Å². The second kappa shape index (κ2) is 9.27. The van der Waals surface area contributed by atoms with Gasteiger partial charge in [-0.3, -0.25) is 9.59 Å². The maximum Gasteiger partial charge on any atom is 0.223 e. The third-order valence-electron chi connectivity index (χ3n) is 9.96. The van der Waals surface area contributed by atoms with Crippen molar-refractivity contribution >= 4 is 11.8 Å². The average molecular weight is 444 g/mol. The van der Waals surface area contributed by atoms with Gasteiger partial charge >= 0.3 is 0 Å². The minimum absolute atomic E-state index is 0.302. The van der Waals surface area contributed by atoms with Gasteiger partial charge in [0.25, 0.3) is 0 Å². The third kappa shape index (κ3) is 4.88. The minimum atomic E-state index is 0.302. The van der Waals surface area contributed by atoms with Crippen molar-refractivity contribution in [3.63, 3.8) is 0 Å². The Morgan fingerprint density at radius 1 is 0.938 bits per heavy atom. The largest absolute Gasteiger partial charge is 0.343 e. The molecule has 4 aliphatic carbocycles. The molecule has 5 heteroatoms. The first-order valence-electron chi connectivity index (χ1n) is 13.6. The van der Waals surface area contributed by atoms with Crippen LogP contribution < -0.4 is 0 Å². The first-order valence-corrected chi connectivity index (χ1v) is 13.6. The second-order valence-electron chi connectivity index (χ2n) is 12.5. The molecule has 2 heterocycles. The SMILES string of the molecule is CN1CCC(N(C)C(=O)CCC2CCCN(C(=O)CC34CC5CC(CC(C5)C3)C4)C2)CC1. The maximum absolute atomic E-state index is 13.4. The minimum Gasteiger partial charge on any atom is -0.343 e. The first kappa shape index (κ1) is 22.7. The van der Waals surface area contributed by atoms with Crippen LogP contribution in [0.15, 0.2) is 0 Å². The smallest absolute Gasteiger partial charge is 0.223 e. The van der Waals surface area contributed by atoms with Crippen molar-refractivity contribution in [2.24, 2.45) is 29.1 Å². The number of nitrogens with zero attached hydrogens (tertiary/aromatic N) is 3. The lowest BCUT2D eigenvalue weighted by molar-refractivity contribution is -0.141. The van der Waals surface area contributed by atoms with Crippen molar-refractivity contribution in [3.8, 4) is 0 Å². The number of piperidine rings is 2. The Bertz CT molecular complexity index is 664. The predicted molar refractivity (Wildman–Crippen MR) is 127 cm³/mol. The zero-order valence-electron chi connectivity index (χ0n) is 20.6. The predicted octanol–water partition coefficient (Wildman–Crippen LogP) is 4.16. The van der Waals surface area contributed by atoms with E-state index in [4.69, 9.17) is 0 Å². The van der Waals surface area contributed by atoms with E-state index in [2.05, 4.69) is 16.8 Å². The highest BCUT2D eigenvalue weighted by atomic mass is 16.2. The van der Waals surface area contributed by atoms with E-state index in [1.165, 1.54) is 44.9 Å². The van der Waals surface area contributed by atoms with Crippen LogP contribution in [0, 0.1) is 29.1 Å². The second-order valence-corrected chi connectivity index (χ2v) is 12.5. The van der Waals surface area contributed by atoms with Gasteiger partial charge in [0.05, 0.1) is 0 Å². The van der Waals surface area contributed by atoms with Crippen molar-refractivity contribution < 1.29 is 9.59 Å². The summed E-state index contributed by atoms with van der Waals surface area (Å²) in [6, 6.07) is 0.406. The Balaban J connectivity index is 1.09. The molecule has 2 saturated heterocycles. The van der Waals surface area contributed by atoms with Gasteiger partial charge in [-0.15, -0.1) is 0 Å². The summed E-state index contributed by atoms with van der Waals surface area (Å²) in [6.45, 7) is 4.00. The van der Waals surface area contributed by atoms with Crippen molar-refractivity contribution in [2.75, 3.05) is 40.3 Å². The zero-order chi connectivity index (χ0) is 22.3. The summed E-state index contributed by atoms with van der Waals surface area (Å²) in [6.07, 6.45) is 15.1. The molecule has 1 atom stereocenters. The summed E-state index contributed by atoms with van der Waals surface area (Å²) in [4.78, 5) is 32.7. The molecule has 0 aromatic heterocycles. The summed E-state index contributed by atoms with van der Waals surface area (Å²) in [7, 11) is 4.16. The van der Waals surface area contributed by atoms with Crippen LogP contribution in [-0.4, -0.2) is 72.8 Å². The van der Waals surface area contributed by atoms with E-state index in [-0.39, 0.29) is 0 Å². The van der Waals surface area contributed by atoms with E-state index >= 15 is 0 Å². The van der Waals surface area contributed by atoms with Crippen LogP contribution in [0.1, 0.15) is 83.5 Å². The summed E-state index contributed by atoms with van der Waals surface area (Å²) in [5, 5.41) is 0. The number of rotatable bonds is 6. The number of carbonyl (C=O) groups is 2. The third-order valence-corrected chi connectivity index (χ3v) is 9.96. The highest BCUT2D eigenvalue weighted by molar-refractivity contribution is 5.77. The average Bonchev–Trinajstić information content (AvgIpc) is 2.76. The molecule has 5 nitrogen and oxygen atoms in total. The van der Waals surface area contributed by atoms with Crippen molar-refractivity contribution in [1.82, 2.24) is 14.7 Å². The summed E-state index contributed by atoms with van der Waals surface area (Å²) >= 11 is 0. The van der Waals surface area contributed by atoms with Gasteiger partial charge in [0, 0.05) is 39.0 Å². The van der Waals surface area contributed by atoms with Crippen molar-refractivity contribution in [1.29, 1.82) is 0 Å². The van der Waals surface area contributed by atoms with E-state index in [9.17, 15) is 9.59 Å². The molecule has 4 bridgehead atoms. The van der Waals surface area contributed by atoms with Gasteiger partial charge in [-0.2, -0.15) is 0 Å². The topological polar surface area (TPSA) is 43.9 Å². The lowest BCUT2D eigenvalue weighted by atomic mass is 9.49. The van der Waals surface area contributed by atoms with Crippen molar-refractivity contribution in [3.05, 3.63) is 0 Å². The fraction of sp³-hybridized carbons (Fsp3) is 0.926. The molecule has 2 amide bonds. The van der Waals surface area contributed by atoms with E-state index in [0.717, 1.165) is 76.0 Å². The quantitative estimate of drug-likeness (QED) is 0.619. The van der Waals surface area contributed by atoms with E-state index in [0.29, 0.717) is 35.6 Å². The monoisotopic (exact) mass is 443 g/mol. The van der Waals surface area contributed by atoms with Gasteiger partial charge in [0.15, 0.2) is 0 Å². The lowest BCUT2D eigenvalue weighted by Gasteiger charge is -2.57. The molecule has 0 N–H and O–H groups in total. The molecular weight excluding hydrogens is 398 g/mol. The Hall–Kier alpha value is -1.10. The molecule has 0 aromatic carbocycles. The van der Waals surface area contributed by atoms with E-state index < -0.39 is 0 Å². The molecule has 6 rings (SSSR count). The van der Waals surface area contributed by atoms with Crippen LogP contribution >= 0.6 is 0 Å². The van der Waals surface area contributed by atoms with Crippen LogP contribution in [0.4, 0.5) is 0 Å².